The van der Waals surface area contributed by atoms with Crippen molar-refractivity contribution in [2.75, 3.05) is 56.6 Å². The zero-order chi connectivity index (χ0) is 18.9. The molecule has 0 radical (unpaired) electrons. The highest BCUT2D eigenvalue weighted by Gasteiger charge is 2.12. The number of morpholine rings is 1. The number of rotatable bonds is 8. The van der Waals surface area contributed by atoms with Crippen molar-refractivity contribution in [1.82, 2.24) is 14.9 Å². The van der Waals surface area contributed by atoms with Gasteiger partial charge < -0.3 is 20.1 Å². The monoisotopic (exact) mass is 371 g/mol. The summed E-state index contributed by atoms with van der Waals surface area (Å²) >= 11 is 0. The Balaban J connectivity index is 1.51. The van der Waals surface area contributed by atoms with Crippen LogP contribution in [-0.2, 0) is 4.74 Å². The van der Waals surface area contributed by atoms with Gasteiger partial charge in [-0.3, -0.25) is 9.69 Å². The number of hydrogen-bond donors (Lipinski definition) is 2. The lowest BCUT2D eigenvalue weighted by atomic mass is 10.2. The third-order valence-electron chi connectivity index (χ3n) is 4.16. The molecule has 1 aliphatic heterocycles. The summed E-state index contributed by atoms with van der Waals surface area (Å²) in [6, 6.07) is 7.32. The van der Waals surface area contributed by atoms with Crippen molar-refractivity contribution in [2.24, 2.45) is 0 Å². The highest BCUT2D eigenvalue weighted by molar-refractivity contribution is 6.04. The van der Waals surface area contributed by atoms with Gasteiger partial charge in [0, 0.05) is 38.6 Å². The van der Waals surface area contributed by atoms with Gasteiger partial charge in [-0.15, -0.1) is 0 Å². The topological polar surface area (TPSA) is 88.6 Å². The number of benzene rings is 1. The second kappa shape index (κ2) is 9.84. The van der Waals surface area contributed by atoms with Crippen LogP contribution in [0.4, 0.5) is 11.6 Å². The van der Waals surface area contributed by atoms with E-state index < -0.39 is 0 Å². The number of amides is 1. The quantitative estimate of drug-likeness (QED) is 0.732. The molecule has 1 amide bonds. The molecule has 8 heteroatoms. The van der Waals surface area contributed by atoms with Crippen LogP contribution in [0.25, 0.3) is 0 Å². The zero-order valence-electron chi connectivity index (χ0n) is 15.5. The molecule has 2 heterocycles. The van der Waals surface area contributed by atoms with Crippen molar-refractivity contribution in [3.05, 3.63) is 42.2 Å². The molecule has 2 aromatic rings. The maximum atomic E-state index is 12.4. The van der Waals surface area contributed by atoms with Crippen LogP contribution in [0, 0.1) is 0 Å². The average Bonchev–Trinajstić information content (AvgIpc) is 2.71. The summed E-state index contributed by atoms with van der Waals surface area (Å²) in [4.78, 5) is 23.2. The molecule has 8 nitrogen and oxygen atoms in total. The van der Waals surface area contributed by atoms with E-state index in [0.29, 0.717) is 29.6 Å². The van der Waals surface area contributed by atoms with E-state index in [2.05, 4.69) is 25.5 Å². The van der Waals surface area contributed by atoms with E-state index in [0.717, 1.165) is 39.4 Å². The summed E-state index contributed by atoms with van der Waals surface area (Å²) in [5.74, 6) is 0.868. The van der Waals surface area contributed by atoms with Gasteiger partial charge in [-0.1, -0.05) is 12.1 Å². The van der Waals surface area contributed by atoms with Gasteiger partial charge >= 0.3 is 0 Å². The number of para-hydroxylation sites is 2. The lowest BCUT2D eigenvalue weighted by Crippen LogP contribution is -2.39. The van der Waals surface area contributed by atoms with Crippen molar-refractivity contribution in [1.29, 1.82) is 0 Å². The van der Waals surface area contributed by atoms with Crippen molar-refractivity contribution in [2.45, 2.75) is 6.92 Å². The number of nitrogens with one attached hydrogen (secondary N) is 2. The van der Waals surface area contributed by atoms with Crippen LogP contribution in [-0.4, -0.2) is 66.8 Å². The summed E-state index contributed by atoms with van der Waals surface area (Å²) in [7, 11) is 0. The number of ether oxygens (including phenoxy) is 2. The Kier molecular flexibility index (Phi) is 6.95. The Labute approximate surface area is 158 Å². The molecule has 0 atom stereocenters. The normalized spacial score (nSPS) is 14.6. The van der Waals surface area contributed by atoms with E-state index in [1.807, 2.05) is 25.1 Å². The standard InChI is InChI=1S/C19H25N5O3/c1-2-27-17-6-4-3-5-16(17)23-18(25)15-13-21-19(22-14-15)20-7-8-24-9-11-26-12-10-24/h3-6,13-14H,2,7-12H2,1H3,(H,23,25)(H,20,21,22). The van der Waals surface area contributed by atoms with E-state index in [1.165, 1.54) is 12.4 Å². The van der Waals surface area contributed by atoms with E-state index in [9.17, 15) is 4.79 Å². The van der Waals surface area contributed by atoms with Crippen LogP contribution < -0.4 is 15.4 Å². The number of carbonyl (C=O) groups is 1. The van der Waals surface area contributed by atoms with Crippen LogP contribution in [0.3, 0.4) is 0 Å². The molecule has 144 valence electrons. The molecule has 0 saturated carbocycles. The zero-order valence-corrected chi connectivity index (χ0v) is 15.5. The van der Waals surface area contributed by atoms with Crippen molar-refractivity contribution >= 4 is 17.5 Å². The van der Waals surface area contributed by atoms with Gasteiger partial charge in [0.25, 0.3) is 5.91 Å². The summed E-state index contributed by atoms with van der Waals surface area (Å²) in [5.41, 5.74) is 1.01. The predicted molar refractivity (Wildman–Crippen MR) is 103 cm³/mol. The molecule has 1 fully saturated rings. The van der Waals surface area contributed by atoms with E-state index in [1.54, 1.807) is 6.07 Å². The third-order valence-corrected chi connectivity index (χ3v) is 4.16. The largest absolute Gasteiger partial charge is 0.492 e. The Morgan fingerprint density at radius 3 is 2.70 bits per heavy atom. The third kappa shape index (κ3) is 5.63. The number of carbonyl (C=O) groups excluding carboxylic acids is 1. The molecule has 0 bridgehead atoms. The highest BCUT2D eigenvalue weighted by atomic mass is 16.5. The number of aromatic nitrogens is 2. The minimum atomic E-state index is -0.276. The summed E-state index contributed by atoms with van der Waals surface area (Å²) in [6.07, 6.45) is 3.03. The maximum absolute atomic E-state index is 12.4. The van der Waals surface area contributed by atoms with Gasteiger partial charge in [0.1, 0.15) is 5.75 Å². The summed E-state index contributed by atoms with van der Waals surface area (Å²) in [6.45, 7) is 7.55. The van der Waals surface area contributed by atoms with Gasteiger partial charge in [0.05, 0.1) is 31.1 Å². The molecule has 1 aromatic carbocycles. The first-order valence-electron chi connectivity index (χ1n) is 9.15. The van der Waals surface area contributed by atoms with Crippen LogP contribution in [0.2, 0.25) is 0 Å². The molecule has 2 N–H and O–H groups in total. The highest BCUT2D eigenvalue weighted by Crippen LogP contribution is 2.24. The van der Waals surface area contributed by atoms with Gasteiger partial charge in [-0.05, 0) is 19.1 Å². The number of nitrogens with zero attached hydrogens (tertiary/aromatic N) is 3. The van der Waals surface area contributed by atoms with Crippen LogP contribution in [0.5, 0.6) is 5.75 Å². The summed E-state index contributed by atoms with van der Waals surface area (Å²) in [5, 5.41) is 6.01. The molecule has 0 aliphatic carbocycles. The fourth-order valence-corrected chi connectivity index (χ4v) is 2.73. The second-order valence-electron chi connectivity index (χ2n) is 6.06. The molecular weight excluding hydrogens is 346 g/mol. The Bertz CT molecular complexity index is 732. The van der Waals surface area contributed by atoms with Crippen LogP contribution in [0.1, 0.15) is 17.3 Å². The van der Waals surface area contributed by atoms with Gasteiger partial charge in [0.2, 0.25) is 5.95 Å². The molecule has 0 unspecified atom stereocenters. The summed E-state index contributed by atoms with van der Waals surface area (Å²) < 4.78 is 10.9. The molecule has 27 heavy (non-hydrogen) atoms. The van der Waals surface area contributed by atoms with Gasteiger partial charge in [-0.2, -0.15) is 0 Å². The molecule has 3 rings (SSSR count). The number of anilines is 2. The molecule has 1 saturated heterocycles. The van der Waals surface area contributed by atoms with Gasteiger partial charge in [-0.25, -0.2) is 9.97 Å². The first-order chi connectivity index (χ1) is 13.3. The molecule has 1 aromatic heterocycles. The van der Waals surface area contributed by atoms with Gasteiger partial charge in [0.15, 0.2) is 0 Å². The Morgan fingerprint density at radius 1 is 1.22 bits per heavy atom. The second-order valence-corrected chi connectivity index (χ2v) is 6.06. The molecule has 0 spiro atoms. The molecule has 1 aliphatic rings. The lowest BCUT2D eigenvalue weighted by molar-refractivity contribution is 0.0398. The molecular formula is C19H25N5O3. The predicted octanol–water partition coefficient (Wildman–Crippen LogP) is 1.87. The maximum Gasteiger partial charge on any atom is 0.258 e. The average molecular weight is 371 g/mol. The first kappa shape index (κ1) is 19.1. The van der Waals surface area contributed by atoms with E-state index in [4.69, 9.17) is 9.47 Å². The Morgan fingerprint density at radius 2 is 1.96 bits per heavy atom. The van der Waals surface area contributed by atoms with Crippen molar-refractivity contribution in [3.63, 3.8) is 0 Å². The minimum Gasteiger partial charge on any atom is -0.492 e. The van der Waals surface area contributed by atoms with E-state index >= 15 is 0 Å². The fraction of sp³-hybridized carbons (Fsp3) is 0.421. The van der Waals surface area contributed by atoms with Crippen molar-refractivity contribution < 1.29 is 14.3 Å². The first-order valence-corrected chi connectivity index (χ1v) is 9.15. The minimum absolute atomic E-state index is 0.276. The fourth-order valence-electron chi connectivity index (χ4n) is 2.73. The van der Waals surface area contributed by atoms with Crippen molar-refractivity contribution in [3.8, 4) is 5.75 Å². The van der Waals surface area contributed by atoms with Crippen LogP contribution >= 0.6 is 0 Å². The SMILES string of the molecule is CCOc1ccccc1NC(=O)c1cnc(NCCN2CCOCC2)nc1. The smallest absolute Gasteiger partial charge is 0.258 e. The lowest BCUT2D eigenvalue weighted by Gasteiger charge is -2.26. The number of hydrogen-bond acceptors (Lipinski definition) is 7. The van der Waals surface area contributed by atoms with Crippen LogP contribution in [0.15, 0.2) is 36.7 Å². The Hall–Kier alpha value is -2.71. The van der Waals surface area contributed by atoms with E-state index in [-0.39, 0.29) is 5.91 Å².